The Kier molecular flexibility index (Phi) is 7.73. The van der Waals surface area contributed by atoms with Crippen molar-refractivity contribution >= 4 is 17.7 Å². The van der Waals surface area contributed by atoms with E-state index in [1.807, 2.05) is 0 Å². The molecule has 0 amide bonds. The maximum Gasteiger partial charge on any atom is 0.317 e. The Hall–Kier alpha value is -0.420. The van der Waals surface area contributed by atoms with E-state index in [1.165, 1.54) is 11.8 Å². The van der Waals surface area contributed by atoms with Crippen molar-refractivity contribution in [3.05, 3.63) is 0 Å². The second-order valence-electron chi connectivity index (χ2n) is 6.45. The molecular weight excluding hydrogens is 338 g/mol. The standard InChI is InChI=1S/C15H27NO7S/c17-7-10-12(20)13(21)14(22)15(23-10)24-9-4-2-1-3-8(5-9)16-6-11(18)19/h8-10,12-17,20-22H,1-7H2,(H,18,19)/t8?,9?,10-,12+,13+,14-,15+/m1/s1. The molecule has 0 radical (unpaired) electrons. The highest BCUT2D eigenvalue weighted by molar-refractivity contribution is 8.00. The van der Waals surface area contributed by atoms with Crippen LogP contribution in [-0.2, 0) is 9.53 Å². The number of aliphatic hydroxyl groups excluding tert-OH is 4. The molecule has 9 heteroatoms. The SMILES string of the molecule is O=C(O)CNC1CCCCC(S[C@@H]2O[C@H](CO)[C@H](O)[C@H](O)[C@H]2O)C1. The summed E-state index contributed by atoms with van der Waals surface area (Å²) in [6, 6.07) is 0.0889. The maximum atomic E-state index is 10.7. The first-order valence-corrected chi connectivity index (χ1v) is 9.27. The topological polar surface area (TPSA) is 139 Å². The molecule has 1 saturated heterocycles. The van der Waals surface area contributed by atoms with Crippen LogP contribution in [0.3, 0.4) is 0 Å². The highest BCUT2D eigenvalue weighted by Gasteiger charge is 2.44. The summed E-state index contributed by atoms with van der Waals surface area (Å²) in [6.45, 7) is -0.516. The highest BCUT2D eigenvalue weighted by Crippen LogP contribution is 2.36. The van der Waals surface area contributed by atoms with E-state index in [4.69, 9.17) is 9.84 Å². The smallest absolute Gasteiger partial charge is 0.317 e. The minimum absolute atomic E-state index is 0.0813. The predicted molar refractivity (Wildman–Crippen MR) is 87.7 cm³/mol. The highest BCUT2D eigenvalue weighted by atomic mass is 32.2. The van der Waals surface area contributed by atoms with Crippen LogP contribution in [0.5, 0.6) is 0 Å². The zero-order chi connectivity index (χ0) is 17.7. The van der Waals surface area contributed by atoms with Crippen LogP contribution in [0.15, 0.2) is 0 Å². The first kappa shape index (κ1) is 19.9. The summed E-state index contributed by atoms with van der Waals surface area (Å²) in [6.07, 6.45) is -0.282. The van der Waals surface area contributed by atoms with Crippen molar-refractivity contribution < 1.29 is 35.1 Å². The Bertz CT molecular complexity index is 411. The Balaban J connectivity index is 1.93. The Morgan fingerprint density at radius 3 is 2.50 bits per heavy atom. The average molecular weight is 365 g/mol. The molecule has 24 heavy (non-hydrogen) atoms. The molecule has 0 aromatic heterocycles. The fourth-order valence-electron chi connectivity index (χ4n) is 3.23. The Morgan fingerprint density at radius 1 is 1.12 bits per heavy atom. The summed E-state index contributed by atoms with van der Waals surface area (Å²) in [5.74, 6) is -0.891. The molecule has 1 saturated carbocycles. The lowest BCUT2D eigenvalue weighted by molar-refractivity contribution is -0.205. The molecule has 8 nitrogen and oxygen atoms in total. The second kappa shape index (κ2) is 9.33. The number of ether oxygens (including phenoxy) is 1. The first-order valence-electron chi connectivity index (χ1n) is 8.33. The summed E-state index contributed by atoms with van der Waals surface area (Å²) in [4.78, 5) is 10.7. The minimum atomic E-state index is -1.36. The third kappa shape index (κ3) is 5.29. The van der Waals surface area contributed by atoms with Crippen LogP contribution in [0.25, 0.3) is 0 Å². The van der Waals surface area contributed by atoms with E-state index < -0.39 is 42.4 Å². The van der Waals surface area contributed by atoms with Crippen LogP contribution in [0.1, 0.15) is 32.1 Å². The van der Waals surface area contributed by atoms with Gasteiger partial charge in [-0.25, -0.2) is 0 Å². The summed E-state index contributed by atoms with van der Waals surface area (Å²) in [5.41, 5.74) is -0.733. The summed E-state index contributed by atoms with van der Waals surface area (Å²) in [5, 5.41) is 51.0. The number of aliphatic carboxylic acids is 1. The van der Waals surface area contributed by atoms with Crippen LogP contribution >= 0.6 is 11.8 Å². The lowest BCUT2D eigenvalue weighted by atomic mass is 10.0. The van der Waals surface area contributed by atoms with Crippen molar-refractivity contribution in [1.82, 2.24) is 5.32 Å². The van der Waals surface area contributed by atoms with Crippen LogP contribution in [0, 0.1) is 0 Å². The van der Waals surface area contributed by atoms with E-state index in [0.717, 1.165) is 32.1 Å². The van der Waals surface area contributed by atoms with Gasteiger partial charge >= 0.3 is 5.97 Å². The second-order valence-corrected chi connectivity index (χ2v) is 7.85. The van der Waals surface area contributed by atoms with E-state index in [1.54, 1.807) is 0 Å². The number of carboxylic acids is 1. The normalized spacial score (nSPS) is 40.9. The van der Waals surface area contributed by atoms with Crippen LogP contribution in [0.4, 0.5) is 0 Å². The van der Waals surface area contributed by atoms with E-state index in [9.17, 15) is 25.2 Å². The molecule has 1 aliphatic carbocycles. The van der Waals surface area contributed by atoms with Gasteiger partial charge in [-0.05, 0) is 19.3 Å². The van der Waals surface area contributed by atoms with E-state index in [2.05, 4.69) is 5.32 Å². The molecule has 6 N–H and O–H groups in total. The lowest BCUT2D eigenvalue weighted by Gasteiger charge is -2.40. The largest absolute Gasteiger partial charge is 0.480 e. The number of thioether (sulfide) groups is 1. The Labute approximate surface area is 145 Å². The number of carbonyl (C=O) groups is 1. The number of hydrogen-bond donors (Lipinski definition) is 6. The first-order chi connectivity index (χ1) is 11.4. The number of hydrogen-bond acceptors (Lipinski definition) is 8. The zero-order valence-electron chi connectivity index (χ0n) is 13.5. The van der Waals surface area contributed by atoms with Crippen molar-refractivity contribution in [3.8, 4) is 0 Å². The maximum absolute atomic E-state index is 10.7. The van der Waals surface area contributed by atoms with Gasteiger partial charge < -0.3 is 35.6 Å². The number of aliphatic hydroxyl groups is 4. The summed E-state index contributed by atoms with van der Waals surface area (Å²) >= 11 is 1.38. The van der Waals surface area contributed by atoms with Crippen molar-refractivity contribution in [2.75, 3.05) is 13.2 Å². The van der Waals surface area contributed by atoms with E-state index in [0.29, 0.717) is 0 Å². The molecule has 2 unspecified atom stereocenters. The molecule has 2 fully saturated rings. The van der Waals surface area contributed by atoms with Gasteiger partial charge in [0.15, 0.2) is 0 Å². The van der Waals surface area contributed by atoms with Gasteiger partial charge in [0.2, 0.25) is 0 Å². The molecule has 0 aromatic rings. The minimum Gasteiger partial charge on any atom is -0.480 e. The fourth-order valence-corrected chi connectivity index (χ4v) is 4.78. The zero-order valence-corrected chi connectivity index (χ0v) is 14.3. The lowest BCUT2D eigenvalue weighted by Crippen LogP contribution is -2.57. The quantitative estimate of drug-likeness (QED) is 0.324. The number of carboxylic acid groups (broad SMARTS) is 1. The van der Waals surface area contributed by atoms with Gasteiger partial charge in [0.05, 0.1) is 13.2 Å². The van der Waals surface area contributed by atoms with Crippen molar-refractivity contribution in [2.24, 2.45) is 0 Å². The Morgan fingerprint density at radius 2 is 1.83 bits per heavy atom. The molecule has 0 spiro atoms. The molecule has 1 aliphatic heterocycles. The van der Waals surface area contributed by atoms with Gasteiger partial charge in [-0.15, -0.1) is 11.8 Å². The van der Waals surface area contributed by atoms with Gasteiger partial charge in [0.25, 0.3) is 0 Å². The van der Waals surface area contributed by atoms with Crippen molar-refractivity contribution in [2.45, 2.75) is 73.2 Å². The third-order valence-electron chi connectivity index (χ3n) is 4.59. The van der Waals surface area contributed by atoms with Crippen molar-refractivity contribution in [3.63, 3.8) is 0 Å². The summed E-state index contributed by atoms with van der Waals surface area (Å²) < 4.78 is 5.55. The van der Waals surface area contributed by atoms with E-state index in [-0.39, 0.29) is 17.8 Å². The fraction of sp³-hybridized carbons (Fsp3) is 0.933. The molecule has 2 rings (SSSR count). The summed E-state index contributed by atoms with van der Waals surface area (Å²) in [7, 11) is 0. The number of rotatable bonds is 6. The third-order valence-corrected chi connectivity index (χ3v) is 6.06. The van der Waals surface area contributed by atoms with Crippen LogP contribution in [-0.4, -0.2) is 85.8 Å². The monoisotopic (exact) mass is 365 g/mol. The average Bonchev–Trinajstić information content (AvgIpc) is 2.78. The van der Waals surface area contributed by atoms with Crippen LogP contribution in [0.2, 0.25) is 0 Å². The molecule has 1 heterocycles. The van der Waals surface area contributed by atoms with Gasteiger partial charge in [0.1, 0.15) is 29.9 Å². The predicted octanol–water partition coefficient (Wildman–Crippen LogP) is -1.10. The van der Waals surface area contributed by atoms with E-state index >= 15 is 0 Å². The van der Waals surface area contributed by atoms with Crippen molar-refractivity contribution in [1.29, 1.82) is 0 Å². The molecule has 2 aliphatic rings. The molecule has 140 valence electrons. The molecule has 7 atom stereocenters. The molecular formula is C15H27NO7S. The van der Waals surface area contributed by atoms with Gasteiger partial charge in [-0.3, -0.25) is 4.79 Å². The van der Waals surface area contributed by atoms with Gasteiger partial charge in [0, 0.05) is 11.3 Å². The molecule has 0 bridgehead atoms. The molecule has 0 aromatic carbocycles. The van der Waals surface area contributed by atoms with Gasteiger partial charge in [-0.1, -0.05) is 12.8 Å². The van der Waals surface area contributed by atoms with Crippen LogP contribution < -0.4 is 5.32 Å². The van der Waals surface area contributed by atoms with Gasteiger partial charge in [-0.2, -0.15) is 0 Å². The number of nitrogens with one attached hydrogen (secondary N) is 1.